The summed E-state index contributed by atoms with van der Waals surface area (Å²) in [6, 6.07) is 0.625. The molecular weight excluding hydrogens is 162 g/mol. The highest BCUT2D eigenvalue weighted by atomic mass is 16.5. The number of rotatable bonds is 4. The van der Waals surface area contributed by atoms with E-state index in [0.717, 1.165) is 13.2 Å². The molecule has 0 saturated heterocycles. The van der Waals surface area contributed by atoms with Crippen molar-refractivity contribution in [3.05, 3.63) is 0 Å². The number of hydrogen-bond acceptors (Lipinski definition) is 2. The Morgan fingerprint density at radius 1 is 1.08 bits per heavy atom. The molecule has 0 spiro atoms. The van der Waals surface area contributed by atoms with Gasteiger partial charge in [0.1, 0.15) is 0 Å². The van der Waals surface area contributed by atoms with Gasteiger partial charge >= 0.3 is 0 Å². The fourth-order valence-corrected chi connectivity index (χ4v) is 0.493. The number of methoxy groups -OCH3 is 1. The molecule has 0 fully saturated rings. The molecule has 0 aromatic carbocycles. The molecule has 0 aliphatic carbocycles. The Kier molecular flexibility index (Phi) is 25.6. The van der Waals surface area contributed by atoms with Gasteiger partial charge in [0.05, 0.1) is 6.61 Å². The lowest BCUT2D eigenvalue weighted by atomic mass is 10.3. The highest BCUT2D eigenvalue weighted by molar-refractivity contribution is 4.54. The third kappa shape index (κ3) is 18.7. The van der Waals surface area contributed by atoms with Gasteiger partial charge in [0, 0.05) is 19.7 Å². The summed E-state index contributed by atoms with van der Waals surface area (Å²) in [5.41, 5.74) is 0. The number of likely N-dealkylation sites (N-methyl/N-ethyl adjacent to an activating group) is 1. The van der Waals surface area contributed by atoms with Crippen molar-refractivity contribution in [2.45, 2.75) is 47.6 Å². The van der Waals surface area contributed by atoms with E-state index >= 15 is 0 Å². The molecule has 2 heteroatoms. The van der Waals surface area contributed by atoms with E-state index in [1.807, 2.05) is 27.7 Å². The molecule has 84 valence electrons. The summed E-state index contributed by atoms with van der Waals surface area (Å²) in [6.07, 6.45) is 0. The maximum atomic E-state index is 4.92. The average Bonchev–Trinajstić information content (AvgIpc) is 2.20. The molecule has 0 atom stereocenters. The Bertz CT molecular complexity index is 65.1. The molecule has 0 radical (unpaired) electrons. The molecule has 0 unspecified atom stereocenters. The number of ether oxygens (including phenoxy) is 1. The molecule has 13 heavy (non-hydrogen) atoms. The lowest BCUT2D eigenvalue weighted by molar-refractivity contribution is 0.147. The Morgan fingerprint density at radius 2 is 1.46 bits per heavy atom. The molecule has 0 aromatic heterocycles. The van der Waals surface area contributed by atoms with Crippen LogP contribution in [0.15, 0.2) is 0 Å². The van der Waals surface area contributed by atoms with E-state index in [9.17, 15) is 0 Å². The molecule has 0 aliphatic heterocycles. The van der Waals surface area contributed by atoms with Gasteiger partial charge in [-0.3, -0.25) is 0 Å². The van der Waals surface area contributed by atoms with Crippen LogP contribution in [0.1, 0.15) is 41.5 Å². The molecule has 0 N–H and O–H groups in total. The second-order valence-electron chi connectivity index (χ2n) is 2.57. The summed E-state index contributed by atoms with van der Waals surface area (Å²) in [4.78, 5) is 2.25. The smallest absolute Gasteiger partial charge is 0.0589 e. The fourth-order valence-electron chi connectivity index (χ4n) is 0.493. The van der Waals surface area contributed by atoms with Crippen molar-refractivity contribution in [3.8, 4) is 0 Å². The summed E-state index contributed by atoms with van der Waals surface area (Å²) < 4.78 is 4.92. The first-order chi connectivity index (χ1) is 6.18. The lowest BCUT2D eigenvalue weighted by Gasteiger charge is -2.19. The number of nitrogens with zero attached hydrogens (tertiary/aromatic N) is 1. The highest BCUT2D eigenvalue weighted by Gasteiger charge is 1.99. The second kappa shape index (κ2) is 17.9. The van der Waals surface area contributed by atoms with Gasteiger partial charge in [-0.15, -0.1) is 0 Å². The lowest BCUT2D eigenvalue weighted by Crippen LogP contribution is -2.29. The molecule has 0 rings (SSSR count). The van der Waals surface area contributed by atoms with Crippen molar-refractivity contribution in [2.24, 2.45) is 0 Å². The zero-order valence-electron chi connectivity index (χ0n) is 10.8. The summed E-state index contributed by atoms with van der Waals surface area (Å²) >= 11 is 0. The van der Waals surface area contributed by atoms with Crippen molar-refractivity contribution >= 4 is 0 Å². The van der Waals surface area contributed by atoms with E-state index in [2.05, 4.69) is 25.8 Å². The monoisotopic (exact) mass is 191 g/mol. The van der Waals surface area contributed by atoms with Crippen LogP contribution in [-0.2, 0) is 4.74 Å². The van der Waals surface area contributed by atoms with Gasteiger partial charge in [-0.25, -0.2) is 0 Å². The van der Waals surface area contributed by atoms with Gasteiger partial charge in [-0.2, -0.15) is 0 Å². The maximum absolute atomic E-state index is 4.92. The molecule has 0 amide bonds. The first-order valence-electron chi connectivity index (χ1n) is 5.37. The second-order valence-corrected chi connectivity index (χ2v) is 2.57. The summed E-state index contributed by atoms with van der Waals surface area (Å²) in [5, 5.41) is 0. The van der Waals surface area contributed by atoms with E-state index in [0.29, 0.717) is 6.04 Å². The van der Waals surface area contributed by atoms with Crippen LogP contribution in [0.5, 0.6) is 0 Å². The molecule has 2 nitrogen and oxygen atoms in total. The van der Waals surface area contributed by atoms with Crippen LogP contribution >= 0.6 is 0 Å². The van der Waals surface area contributed by atoms with Crippen LogP contribution in [0.4, 0.5) is 0 Å². The third-order valence-electron chi connectivity index (χ3n) is 1.53. The van der Waals surface area contributed by atoms with Crippen LogP contribution in [0.3, 0.4) is 0 Å². The van der Waals surface area contributed by atoms with E-state index in [4.69, 9.17) is 4.74 Å². The van der Waals surface area contributed by atoms with E-state index in [-0.39, 0.29) is 0 Å². The summed E-state index contributed by atoms with van der Waals surface area (Å²) in [7, 11) is 3.83. The SMILES string of the molecule is CC.CC.COCCN(C)C(C)C. The van der Waals surface area contributed by atoms with Crippen LogP contribution < -0.4 is 0 Å². The van der Waals surface area contributed by atoms with Crippen molar-refractivity contribution in [1.82, 2.24) is 4.90 Å². The predicted octanol–water partition coefficient (Wildman–Crippen LogP) is 3.03. The topological polar surface area (TPSA) is 12.5 Å². The average molecular weight is 191 g/mol. The predicted molar refractivity (Wildman–Crippen MR) is 62.3 cm³/mol. The van der Waals surface area contributed by atoms with E-state index in [1.54, 1.807) is 7.11 Å². The van der Waals surface area contributed by atoms with Gasteiger partial charge in [0.2, 0.25) is 0 Å². The molecule has 0 bridgehead atoms. The first kappa shape index (κ1) is 18.7. The van der Waals surface area contributed by atoms with Crippen molar-refractivity contribution < 1.29 is 4.74 Å². The zero-order valence-corrected chi connectivity index (χ0v) is 10.8. The summed E-state index contributed by atoms with van der Waals surface area (Å²) in [5.74, 6) is 0. The Hall–Kier alpha value is -0.0800. The molecular formula is C11H29NO. The van der Waals surface area contributed by atoms with Gasteiger partial charge in [-0.1, -0.05) is 27.7 Å². The Morgan fingerprint density at radius 3 is 1.69 bits per heavy atom. The van der Waals surface area contributed by atoms with Gasteiger partial charge in [0.15, 0.2) is 0 Å². The molecule has 0 aromatic rings. The Balaban J connectivity index is -0.000000218. The standard InChI is InChI=1S/C7H17NO.2C2H6/c1-7(2)8(3)5-6-9-4;2*1-2/h7H,5-6H2,1-4H3;2*1-2H3. The highest BCUT2D eigenvalue weighted by Crippen LogP contribution is 1.91. The van der Waals surface area contributed by atoms with Crippen molar-refractivity contribution in [1.29, 1.82) is 0 Å². The minimum Gasteiger partial charge on any atom is -0.383 e. The van der Waals surface area contributed by atoms with E-state index < -0.39 is 0 Å². The molecule has 0 heterocycles. The van der Waals surface area contributed by atoms with Crippen LogP contribution in [0.25, 0.3) is 0 Å². The zero-order chi connectivity index (χ0) is 11.3. The third-order valence-corrected chi connectivity index (χ3v) is 1.53. The largest absolute Gasteiger partial charge is 0.383 e. The minimum absolute atomic E-state index is 0.625. The summed E-state index contributed by atoms with van der Waals surface area (Å²) in [6.45, 7) is 14.2. The van der Waals surface area contributed by atoms with Crippen LogP contribution in [-0.4, -0.2) is 38.3 Å². The van der Waals surface area contributed by atoms with Crippen LogP contribution in [0.2, 0.25) is 0 Å². The van der Waals surface area contributed by atoms with Crippen molar-refractivity contribution in [3.63, 3.8) is 0 Å². The van der Waals surface area contributed by atoms with Crippen molar-refractivity contribution in [2.75, 3.05) is 27.3 Å². The first-order valence-corrected chi connectivity index (χ1v) is 5.37. The Labute approximate surface area is 85.3 Å². The van der Waals surface area contributed by atoms with Gasteiger partial charge < -0.3 is 9.64 Å². The normalized spacial score (nSPS) is 8.77. The van der Waals surface area contributed by atoms with E-state index in [1.165, 1.54) is 0 Å². The van der Waals surface area contributed by atoms with Crippen LogP contribution in [0, 0.1) is 0 Å². The maximum Gasteiger partial charge on any atom is 0.0589 e. The molecule has 0 saturated carbocycles. The van der Waals surface area contributed by atoms with Gasteiger partial charge in [0.25, 0.3) is 0 Å². The minimum atomic E-state index is 0.625. The molecule has 0 aliphatic rings. The quantitative estimate of drug-likeness (QED) is 0.677. The number of hydrogen-bond donors (Lipinski definition) is 0. The fraction of sp³-hybridized carbons (Fsp3) is 1.00. The van der Waals surface area contributed by atoms with Gasteiger partial charge in [-0.05, 0) is 20.9 Å².